The van der Waals surface area contributed by atoms with Crippen LogP contribution >= 0.6 is 11.3 Å². The third-order valence-corrected chi connectivity index (χ3v) is 7.74. The van der Waals surface area contributed by atoms with E-state index in [9.17, 15) is 9.59 Å². The second-order valence-electron chi connectivity index (χ2n) is 8.90. The molecule has 2 aromatic heterocycles. The van der Waals surface area contributed by atoms with E-state index in [1.54, 1.807) is 7.11 Å². The predicted molar refractivity (Wildman–Crippen MR) is 139 cm³/mol. The van der Waals surface area contributed by atoms with Gasteiger partial charge in [0.1, 0.15) is 5.75 Å². The van der Waals surface area contributed by atoms with Crippen molar-refractivity contribution in [2.45, 2.75) is 18.8 Å². The molecule has 0 saturated carbocycles. The van der Waals surface area contributed by atoms with E-state index in [2.05, 4.69) is 34.6 Å². The summed E-state index contributed by atoms with van der Waals surface area (Å²) >= 11 is 1.46. The molecule has 0 radical (unpaired) electrons. The number of amides is 2. The maximum Gasteiger partial charge on any atom is 0.263 e. The fourth-order valence-electron chi connectivity index (χ4n) is 4.87. The van der Waals surface area contributed by atoms with Crippen LogP contribution in [0.2, 0.25) is 0 Å². The van der Waals surface area contributed by atoms with Gasteiger partial charge in [-0.15, -0.1) is 11.3 Å². The van der Waals surface area contributed by atoms with Crippen LogP contribution in [0.15, 0.2) is 72.2 Å². The summed E-state index contributed by atoms with van der Waals surface area (Å²) in [5.74, 6) is 0.854. The minimum absolute atomic E-state index is 0.00139. The fourth-order valence-corrected chi connectivity index (χ4v) is 5.56. The molecule has 180 valence electrons. The highest BCUT2D eigenvalue weighted by molar-refractivity contribution is 7.12. The van der Waals surface area contributed by atoms with Gasteiger partial charge in [0.05, 0.1) is 12.0 Å². The zero-order valence-electron chi connectivity index (χ0n) is 19.7. The number of ether oxygens (including phenoxy) is 1. The molecule has 5 rings (SSSR count). The first kappa shape index (κ1) is 23.2. The van der Waals surface area contributed by atoms with Gasteiger partial charge in [-0.05, 0) is 53.6 Å². The summed E-state index contributed by atoms with van der Waals surface area (Å²) in [6.07, 6.45) is 3.41. The van der Waals surface area contributed by atoms with Gasteiger partial charge in [0.2, 0.25) is 5.91 Å². The van der Waals surface area contributed by atoms with Crippen LogP contribution in [-0.2, 0) is 4.79 Å². The molecule has 1 aliphatic rings. The quantitative estimate of drug-likeness (QED) is 0.384. The van der Waals surface area contributed by atoms with Gasteiger partial charge < -0.3 is 19.9 Å². The lowest BCUT2D eigenvalue weighted by molar-refractivity contribution is -0.126. The first-order valence-electron chi connectivity index (χ1n) is 11.9. The first-order valence-corrected chi connectivity index (χ1v) is 12.8. The number of carbonyl (C=O) groups excluding carboxylic acids is 2. The smallest absolute Gasteiger partial charge is 0.263 e. The number of rotatable bonds is 7. The Morgan fingerprint density at radius 3 is 2.57 bits per heavy atom. The van der Waals surface area contributed by atoms with Gasteiger partial charge in [0, 0.05) is 48.6 Å². The van der Waals surface area contributed by atoms with Crippen molar-refractivity contribution in [2.75, 3.05) is 26.7 Å². The average Bonchev–Trinajstić information content (AvgIpc) is 3.60. The van der Waals surface area contributed by atoms with Crippen molar-refractivity contribution in [3.05, 3.63) is 88.2 Å². The van der Waals surface area contributed by atoms with E-state index >= 15 is 0 Å². The Morgan fingerprint density at radius 1 is 1.09 bits per heavy atom. The minimum atomic E-state index is -0.0816. The molecule has 4 aromatic rings. The summed E-state index contributed by atoms with van der Waals surface area (Å²) < 4.78 is 5.33. The van der Waals surface area contributed by atoms with Gasteiger partial charge in [0.15, 0.2) is 0 Å². The number of H-pyrrole nitrogens is 1. The average molecular weight is 488 g/mol. The molecule has 1 atom stereocenters. The van der Waals surface area contributed by atoms with Crippen LogP contribution in [0, 0.1) is 5.92 Å². The zero-order chi connectivity index (χ0) is 24.2. The summed E-state index contributed by atoms with van der Waals surface area (Å²) in [6.45, 7) is 1.72. The van der Waals surface area contributed by atoms with Crippen LogP contribution in [0.5, 0.6) is 5.75 Å². The monoisotopic (exact) mass is 487 g/mol. The van der Waals surface area contributed by atoms with Crippen molar-refractivity contribution in [1.82, 2.24) is 15.2 Å². The fraction of sp³-hybridized carbons (Fsp3) is 0.286. The SMILES string of the molecule is COc1ccc(C(CNC(=O)C2CCN(C(=O)c3cccs3)CC2)c2c[nH]c3ccccc23)cc1. The minimum Gasteiger partial charge on any atom is -0.497 e. The number of aromatic nitrogens is 1. The van der Waals surface area contributed by atoms with Crippen LogP contribution in [0.25, 0.3) is 10.9 Å². The van der Waals surface area contributed by atoms with Crippen molar-refractivity contribution >= 4 is 34.1 Å². The molecule has 0 bridgehead atoms. The largest absolute Gasteiger partial charge is 0.497 e. The molecule has 3 heterocycles. The number of para-hydroxylation sites is 1. The Morgan fingerprint density at radius 2 is 1.86 bits per heavy atom. The molecule has 2 N–H and O–H groups in total. The highest BCUT2D eigenvalue weighted by Gasteiger charge is 2.29. The number of piperidine rings is 1. The highest BCUT2D eigenvalue weighted by Crippen LogP contribution is 2.32. The second kappa shape index (κ2) is 10.4. The van der Waals surface area contributed by atoms with Crippen LogP contribution in [-0.4, -0.2) is 48.4 Å². The lowest BCUT2D eigenvalue weighted by Crippen LogP contribution is -2.43. The molecule has 1 fully saturated rings. The van der Waals surface area contributed by atoms with Crippen LogP contribution in [0.3, 0.4) is 0 Å². The molecular formula is C28H29N3O3S. The molecule has 6 nitrogen and oxygen atoms in total. The Kier molecular flexibility index (Phi) is 6.86. The van der Waals surface area contributed by atoms with Gasteiger partial charge in [-0.2, -0.15) is 0 Å². The van der Waals surface area contributed by atoms with E-state index in [0.717, 1.165) is 32.7 Å². The Bertz CT molecular complexity index is 1290. The van der Waals surface area contributed by atoms with Gasteiger partial charge in [0.25, 0.3) is 5.91 Å². The van der Waals surface area contributed by atoms with Gasteiger partial charge in [-0.1, -0.05) is 36.4 Å². The van der Waals surface area contributed by atoms with E-state index in [4.69, 9.17) is 4.74 Å². The number of thiophene rings is 1. The Balaban J connectivity index is 1.27. The topological polar surface area (TPSA) is 74.4 Å². The first-order chi connectivity index (χ1) is 17.1. The number of nitrogens with one attached hydrogen (secondary N) is 2. The van der Waals surface area contributed by atoms with Crippen molar-refractivity contribution in [3.63, 3.8) is 0 Å². The second-order valence-corrected chi connectivity index (χ2v) is 9.85. The van der Waals surface area contributed by atoms with Crippen LogP contribution in [0.1, 0.15) is 39.6 Å². The van der Waals surface area contributed by atoms with Crippen LogP contribution in [0.4, 0.5) is 0 Å². The van der Waals surface area contributed by atoms with Crippen molar-refractivity contribution in [3.8, 4) is 5.75 Å². The molecule has 1 saturated heterocycles. The zero-order valence-corrected chi connectivity index (χ0v) is 20.5. The number of fused-ring (bicyclic) bond motifs is 1. The third-order valence-electron chi connectivity index (χ3n) is 6.88. The number of carbonyl (C=O) groups is 2. The summed E-state index contributed by atoms with van der Waals surface area (Å²) in [5, 5.41) is 6.29. The Hall–Kier alpha value is -3.58. The predicted octanol–water partition coefficient (Wildman–Crippen LogP) is 5.04. The summed E-state index contributed by atoms with van der Waals surface area (Å²) in [7, 11) is 1.66. The lowest BCUT2D eigenvalue weighted by Gasteiger charge is -2.31. The molecule has 0 spiro atoms. The summed E-state index contributed by atoms with van der Waals surface area (Å²) in [4.78, 5) is 31.7. The molecule has 1 unspecified atom stereocenters. The number of benzene rings is 2. The lowest BCUT2D eigenvalue weighted by atomic mass is 9.90. The maximum absolute atomic E-state index is 13.1. The maximum atomic E-state index is 13.1. The van der Waals surface area contributed by atoms with Crippen LogP contribution < -0.4 is 10.1 Å². The van der Waals surface area contributed by atoms with Crippen molar-refractivity contribution in [1.29, 1.82) is 0 Å². The number of aromatic amines is 1. The number of hydrogen-bond donors (Lipinski definition) is 2. The Labute approximate surface area is 208 Å². The standard InChI is InChI=1S/C28H29N3O3S/c1-34-21-10-8-19(9-11-21)23(24-18-29-25-6-3-2-5-22(24)25)17-30-27(32)20-12-14-31(15-13-20)28(33)26-7-4-16-35-26/h2-11,16,18,20,23,29H,12-15,17H2,1H3,(H,30,32). The summed E-state index contributed by atoms with van der Waals surface area (Å²) in [6, 6.07) is 20.0. The molecule has 2 aromatic carbocycles. The molecule has 35 heavy (non-hydrogen) atoms. The number of methoxy groups -OCH3 is 1. The highest BCUT2D eigenvalue weighted by atomic mass is 32.1. The molecule has 2 amide bonds. The van der Waals surface area contributed by atoms with Gasteiger partial charge in [-0.3, -0.25) is 9.59 Å². The number of hydrogen-bond acceptors (Lipinski definition) is 4. The van der Waals surface area contributed by atoms with E-state index in [1.807, 2.05) is 52.9 Å². The number of nitrogens with zero attached hydrogens (tertiary/aromatic N) is 1. The third kappa shape index (κ3) is 4.95. The molecule has 1 aliphatic heterocycles. The van der Waals surface area contributed by atoms with Crippen molar-refractivity contribution in [2.24, 2.45) is 5.92 Å². The summed E-state index contributed by atoms with van der Waals surface area (Å²) in [5.41, 5.74) is 3.35. The van der Waals surface area contributed by atoms with Crippen molar-refractivity contribution < 1.29 is 14.3 Å². The number of likely N-dealkylation sites (tertiary alicyclic amines) is 1. The van der Waals surface area contributed by atoms with Gasteiger partial charge >= 0.3 is 0 Å². The van der Waals surface area contributed by atoms with E-state index < -0.39 is 0 Å². The molecule has 7 heteroatoms. The van der Waals surface area contributed by atoms with E-state index in [1.165, 1.54) is 11.3 Å². The molecule has 0 aliphatic carbocycles. The van der Waals surface area contributed by atoms with E-state index in [-0.39, 0.29) is 23.7 Å². The molecular weight excluding hydrogens is 458 g/mol. The normalized spacial score (nSPS) is 15.2. The van der Waals surface area contributed by atoms with E-state index in [0.29, 0.717) is 32.5 Å². The van der Waals surface area contributed by atoms with Gasteiger partial charge in [-0.25, -0.2) is 0 Å².